The van der Waals surface area contributed by atoms with Crippen LogP contribution in [-0.2, 0) is 0 Å². The van der Waals surface area contributed by atoms with Crippen molar-refractivity contribution < 1.29 is 0 Å². The first-order valence-electron chi connectivity index (χ1n) is 2.26. The molecule has 0 spiro atoms. The van der Waals surface area contributed by atoms with Crippen LogP contribution in [0, 0.1) is 6.92 Å². The Kier molecular flexibility index (Phi) is 2.80. The van der Waals surface area contributed by atoms with Gasteiger partial charge in [0.15, 0.2) is 0 Å². The molecule has 0 bridgehead atoms. The van der Waals surface area contributed by atoms with Crippen molar-refractivity contribution in [2.45, 2.75) is 6.92 Å². The summed E-state index contributed by atoms with van der Waals surface area (Å²) < 4.78 is 0. The smallest absolute Gasteiger partial charge is 0.0297 e. The minimum Gasteiger partial charge on any atom is -0.344 e. The zero-order chi connectivity index (χ0) is 5.11. The molecule has 0 unspecified atom stereocenters. The number of nitrogens with zero attached hydrogens (tertiary/aromatic N) is 1. The molecule has 0 aliphatic heterocycles. The highest BCUT2D eigenvalue weighted by Crippen LogP contribution is 1.88. The Bertz CT molecular complexity index is 136. The molecule has 1 heterocycles. The van der Waals surface area contributed by atoms with Crippen LogP contribution in [0.1, 0.15) is 5.56 Å². The van der Waals surface area contributed by atoms with E-state index in [1.807, 2.05) is 25.3 Å². The van der Waals surface area contributed by atoms with Gasteiger partial charge in [-0.1, -0.05) is 6.07 Å². The maximum absolute atomic E-state index is 3.88. The minimum absolute atomic E-state index is 0. The Hall–Kier alpha value is -0.890. The zero-order valence-electron chi connectivity index (χ0n) is 4.96. The van der Waals surface area contributed by atoms with Gasteiger partial charge < -0.3 is 6.15 Å². The summed E-state index contributed by atoms with van der Waals surface area (Å²) in [5.74, 6) is 0. The van der Waals surface area contributed by atoms with Crippen molar-refractivity contribution in [3.8, 4) is 0 Å². The van der Waals surface area contributed by atoms with E-state index in [2.05, 4.69) is 4.98 Å². The summed E-state index contributed by atoms with van der Waals surface area (Å²) in [7, 11) is 0. The van der Waals surface area contributed by atoms with Crippen molar-refractivity contribution in [1.29, 1.82) is 0 Å². The van der Waals surface area contributed by atoms with Crippen LogP contribution in [0.5, 0.6) is 0 Å². The standard InChI is InChI=1S/C6H7N.H3N/c1-6-3-2-4-7-5-6;/h2-5H,1H3;1H3. The maximum Gasteiger partial charge on any atom is 0.0297 e. The van der Waals surface area contributed by atoms with Crippen molar-refractivity contribution in [2.24, 2.45) is 0 Å². The fraction of sp³-hybridized carbons (Fsp3) is 0.167. The second-order valence-corrected chi connectivity index (χ2v) is 1.53. The molecule has 1 rings (SSSR count). The van der Waals surface area contributed by atoms with Crippen molar-refractivity contribution in [2.75, 3.05) is 0 Å². The molecule has 1 aromatic rings. The molecule has 0 radical (unpaired) electrons. The van der Waals surface area contributed by atoms with Crippen LogP contribution < -0.4 is 6.15 Å². The molecule has 0 saturated heterocycles. The minimum atomic E-state index is 0. The van der Waals surface area contributed by atoms with Crippen LogP contribution in [0.15, 0.2) is 24.5 Å². The van der Waals surface area contributed by atoms with E-state index in [0.717, 1.165) is 0 Å². The quantitative estimate of drug-likeness (QED) is 0.550. The number of hydrogen-bond acceptors (Lipinski definition) is 2. The topological polar surface area (TPSA) is 47.9 Å². The van der Waals surface area contributed by atoms with Crippen LogP contribution in [0.25, 0.3) is 0 Å². The summed E-state index contributed by atoms with van der Waals surface area (Å²) >= 11 is 0. The summed E-state index contributed by atoms with van der Waals surface area (Å²) in [6, 6.07) is 3.95. The van der Waals surface area contributed by atoms with Gasteiger partial charge in [-0.2, -0.15) is 0 Å². The SMILES string of the molecule is Cc1cccnc1.N. The second-order valence-electron chi connectivity index (χ2n) is 1.53. The first-order chi connectivity index (χ1) is 3.39. The molecule has 2 nitrogen and oxygen atoms in total. The predicted molar refractivity (Wildman–Crippen MR) is 34.0 cm³/mol. The number of aryl methyl sites for hydroxylation is 1. The van der Waals surface area contributed by atoms with Gasteiger partial charge in [-0.05, 0) is 18.6 Å². The lowest BCUT2D eigenvalue weighted by atomic mass is 10.3. The number of rotatable bonds is 0. The van der Waals surface area contributed by atoms with Crippen LogP contribution in [-0.4, -0.2) is 4.98 Å². The molecule has 0 atom stereocenters. The number of hydrogen-bond donors (Lipinski definition) is 1. The normalized spacial score (nSPS) is 7.62. The van der Waals surface area contributed by atoms with Crippen LogP contribution >= 0.6 is 0 Å². The lowest BCUT2D eigenvalue weighted by Gasteiger charge is -1.82. The van der Waals surface area contributed by atoms with Gasteiger partial charge in [-0.3, -0.25) is 4.98 Å². The van der Waals surface area contributed by atoms with E-state index in [0.29, 0.717) is 0 Å². The average Bonchev–Trinajstić information content (AvgIpc) is 1.69. The van der Waals surface area contributed by atoms with Crippen molar-refractivity contribution in [1.82, 2.24) is 11.1 Å². The lowest BCUT2D eigenvalue weighted by Crippen LogP contribution is -1.69. The van der Waals surface area contributed by atoms with Gasteiger partial charge in [0.25, 0.3) is 0 Å². The van der Waals surface area contributed by atoms with Crippen molar-refractivity contribution in [3.05, 3.63) is 30.1 Å². The lowest BCUT2D eigenvalue weighted by molar-refractivity contribution is 1.27. The van der Waals surface area contributed by atoms with Crippen LogP contribution in [0.4, 0.5) is 0 Å². The average molecular weight is 110 g/mol. The zero-order valence-corrected chi connectivity index (χ0v) is 4.96. The number of pyridine rings is 1. The van der Waals surface area contributed by atoms with Crippen molar-refractivity contribution >= 4 is 0 Å². The fourth-order valence-corrected chi connectivity index (χ4v) is 0.448. The van der Waals surface area contributed by atoms with Gasteiger partial charge in [-0.15, -0.1) is 0 Å². The molecule has 0 fully saturated rings. The van der Waals surface area contributed by atoms with Gasteiger partial charge >= 0.3 is 0 Å². The van der Waals surface area contributed by atoms with E-state index >= 15 is 0 Å². The molecule has 0 aromatic carbocycles. The molecule has 44 valence electrons. The molecule has 1 aromatic heterocycles. The first-order valence-corrected chi connectivity index (χ1v) is 2.26. The van der Waals surface area contributed by atoms with E-state index in [1.54, 1.807) is 6.20 Å². The van der Waals surface area contributed by atoms with Gasteiger partial charge in [0.2, 0.25) is 0 Å². The molecule has 8 heavy (non-hydrogen) atoms. The maximum atomic E-state index is 3.88. The summed E-state index contributed by atoms with van der Waals surface area (Å²) in [5, 5.41) is 0. The third kappa shape index (κ3) is 1.71. The Balaban J connectivity index is 0.000000490. The van der Waals surface area contributed by atoms with Gasteiger partial charge in [0, 0.05) is 12.4 Å². The van der Waals surface area contributed by atoms with Gasteiger partial charge in [0.1, 0.15) is 0 Å². The molecule has 0 amide bonds. The molecular weight excluding hydrogens is 100 g/mol. The van der Waals surface area contributed by atoms with E-state index in [-0.39, 0.29) is 6.15 Å². The molecule has 3 N–H and O–H groups in total. The summed E-state index contributed by atoms with van der Waals surface area (Å²) in [4.78, 5) is 3.88. The summed E-state index contributed by atoms with van der Waals surface area (Å²) in [6.45, 7) is 2.02. The third-order valence-electron chi connectivity index (χ3n) is 0.809. The fourth-order valence-electron chi connectivity index (χ4n) is 0.448. The van der Waals surface area contributed by atoms with E-state index in [1.165, 1.54) is 5.56 Å². The highest BCUT2D eigenvalue weighted by atomic mass is 14.6. The molecule has 0 aliphatic carbocycles. The highest BCUT2D eigenvalue weighted by Gasteiger charge is 1.73. The van der Waals surface area contributed by atoms with Crippen LogP contribution in [0.2, 0.25) is 0 Å². The molecule has 2 heteroatoms. The Morgan fingerprint density at radius 2 is 2.25 bits per heavy atom. The largest absolute Gasteiger partial charge is 0.344 e. The van der Waals surface area contributed by atoms with E-state index < -0.39 is 0 Å². The third-order valence-corrected chi connectivity index (χ3v) is 0.809. The van der Waals surface area contributed by atoms with Gasteiger partial charge in [0.05, 0.1) is 0 Å². The Morgan fingerprint density at radius 3 is 2.50 bits per heavy atom. The predicted octanol–water partition coefficient (Wildman–Crippen LogP) is 1.55. The second kappa shape index (κ2) is 3.16. The van der Waals surface area contributed by atoms with E-state index in [4.69, 9.17) is 0 Å². The van der Waals surface area contributed by atoms with Gasteiger partial charge in [-0.25, -0.2) is 0 Å². The highest BCUT2D eigenvalue weighted by molar-refractivity contribution is 5.04. The Morgan fingerprint density at radius 1 is 1.50 bits per heavy atom. The summed E-state index contributed by atoms with van der Waals surface area (Å²) in [5.41, 5.74) is 1.21. The monoisotopic (exact) mass is 110 g/mol. The molecular formula is C6H10N2. The number of aromatic nitrogens is 1. The Labute approximate surface area is 49.2 Å². The van der Waals surface area contributed by atoms with Crippen molar-refractivity contribution in [3.63, 3.8) is 0 Å². The molecule has 0 aliphatic rings. The van der Waals surface area contributed by atoms with Crippen LogP contribution in [0.3, 0.4) is 0 Å². The van der Waals surface area contributed by atoms with E-state index in [9.17, 15) is 0 Å². The first kappa shape index (κ1) is 7.11. The summed E-state index contributed by atoms with van der Waals surface area (Å²) in [6.07, 6.45) is 3.60. The molecule has 0 saturated carbocycles.